The zero-order valence-corrected chi connectivity index (χ0v) is 12.9. The van der Waals surface area contributed by atoms with Crippen molar-refractivity contribution in [3.8, 4) is 0 Å². The molecule has 2 amide bonds. The number of benzene rings is 1. The summed E-state index contributed by atoms with van der Waals surface area (Å²) in [7, 11) is 0. The van der Waals surface area contributed by atoms with Crippen LogP contribution in [0.1, 0.15) is 18.1 Å². The van der Waals surface area contributed by atoms with Gasteiger partial charge in [0.15, 0.2) is 0 Å². The highest BCUT2D eigenvalue weighted by Crippen LogP contribution is 2.20. The number of aryl methyl sites for hydroxylation is 1. The van der Waals surface area contributed by atoms with Crippen molar-refractivity contribution in [1.29, 1.82) is 0 Å². The monoisotopic (exact) mass is 298 g/mol. The Kier molecular flexibility index (Phi) is 4.88. The largest absolute Gasteiger partial charge is 0.398 e. The molecule has 0 atom stereocenters. The molecule has 1 aliphatic heterocycles. The Balaban J connectivity index is 1.92. The van der Waals surface area contributed by atoms with E-state index in [0.29, 0.717) is 24.5 Å². The Morgan fingerprint density at radius 1 is 1.45 bits per heavy atom. The second-order valence-electron chi connectivity index (χ2n) is 5.15. The number of nitrogens with two attached hydrogens (primary N) is 1. The molecular formula is C17H22N4O. The quantitative estimate of drug-likeness (QED) is 0.706. The summed E-state index contributed by atoms with van der Waals surface area (Å²) >= 11 is 0. The first-order valence-electron chi connectivity index (χ1n) is 7.27. The highest BCUT2D eigenvalue weighted by Gasteiger charge is 2.14. The molecule has 1 aromatic rings. The van der Waals surface area contributed by atoms with Crippen LogP contribution in [0.5, 0.6) is 0 Å². The van der Waals surface area contributed by atoms with Gasteiger partial charge in [-0.2, -0.15) is 0 Å². The molecule has 0 aliphatic carbocycles. The van der Waals surface area contributed by atoms with Gasteiger partial charge in [-0.25, -0.2) is 4.79 Å². The summed E-state index contributed by atoms with van der Waals surface area (Å²) in [4.78, 5) is 13.3. The molecule has 2 rings (SSSR count). The van der Waals surface area contributed by atoms with Crippen LogP contribution in [-0.2, 0) is 6.42 Å². The number of nitrogens with zero attached hydrogens (tertiary/aromatic N) is 1. The number of allylic oxidation sites excluding steroid dienone is 1. The van der Waals surface area contributed by atoms with Crippen LogP contribution in [-0.4, -0.2) is 24.0 Å². The molecule has 5 heteroatoms. The van der Waals surface area contributed by atoms with Gasteiger partial charge in [-0.15, -0.1) is 0 Å². The van der Waals surface area contributed by atoms with Gasteiger partial charge in [0.1, 0.15) is 0 Å². The topological polar surface area (TPSA) is 70.4 Å². The molecule has 116 valence electrons. The number of hydrogen-bond acceptors (Lipinski definition) is 3. The van der Waals surface area contributed by atoms with Crippen molar-refractivity contribution in [3.63, 3.8) is 0 Å². The molecule has 1 aliphatic rings. The zero-order valence-electron chi connectivity index (χ0n) is 12.9. The van der Waals surface area contributed by atoms with Gasteiger partial charge in [-0.05, 0) is 30.2 Å². The molecule has 4 N–H and O–H groups in total. The fourth-order valence-corrected chi connectivity index (χ4v) is 2.18. The van der Waals surface area contributed by atoms with E-state index in [-0.39, 0.29) is 6.03 Å². The van der Waals surface area contributed by atoms with E-state index in [1.54, 1.807) is 17.2 Å². The fraction of sp³-hybridized carbons (Fsp3) is 0.235. The summed E-state index contributed by atoms with van der Waals surface area (Å²) in [5.41, 5.74) is 10.2. The number of hydrogen-bond donors (Lipinski definition) is 3. The zero-order chi connectivity index (χ0) is 16.1. The summed E-state index contributed by atoms with van der Waals surface area (Å²) in [6, 6.07) is 5.78. The van der Waals surface area contributed by atoms with E-state index < -0.39 is 0 Å². The maximum Gasteiger partial charge on any atom is 0.325 e. The van der Waals surface area contributed by atoms with Crippen LogP contribution in [0.4, 0.5) is 10.5 Å². The summed E-state index contributed by atoms with van der Waals surface area (Å²) in [6.45, 7) is 10.9. The Labute approximate surface area is 131 Å². The molecule has 0 aromatic heterocycles. The van der Waals surface area contributed by atoms with E-state index in [1.807, 2.05) is 18.2 Å². The van der Waals surface area contributed by atoms with Crippen molar-refractivity contribution in [2.45, 2.75) is 13.3 Å². The van der Waals surface area contributed by atoms with E-state index in [9.17, 15) is 4.79 Å². The molecule has 0 spiro atoms. The molecule has 0 radical (unpaired) electrons. The third-order valence-corrected chi connectivity index (χ3v) is 3.53. The van der Waals surface area contributed by atoms with Crippen molar-refractivity contribution >= 4 is 17.4 Å². The lowest BCUT2D eigenvalue weighted by atomic mass is 10.0. The third-order valence-electron chi connectivity index (χ3n) is 3.53. The number of carbonyl (C=O) groups excluding carboxylic acids is 1. The summed E-state index contributed by atoms with van der Waals surface area (Å²) in [5.74, 6) is 0. The summed E-state index contributed by atoms with van der Waals surface area (Å²) in [5, 5.41) is 5.88. The number of urea groups is 1. The van der Waals surface area contributed by atoms with Gasteiger partial charge >= 0.3 is 6.03 Å². The van der Waals surface area contributed by atoms with Gasteiger partial charge in [-0.1, -0.05) is 26.1 Å². The Bertz CT molecular complexity index is 634. The van der Waals surface area contributed by atoms with Gasteiger partial charge in [0, 0.05) is 41.9 Å². The highest BCUT2D eigenvalue weighted by molar-refractivity contribution is 5.79. The first-order valence-corrected chi connectivity index (χ1v) is 7.27. The third kappa shape index (κ3) is 3.69. The van der Waals surface area contributed by atoms with E-state index >= 15 is 0 Å². The van der Waals surface area contributed by atoms with Crippen molar-refractivity contribution < 1.29 is 4.79 Å². The average Bonchev–Trinajstić information content (AvgIpc) is 2.49. The second kappa shape index (κ2) is 6.85. The SMILES string of the molecule is C=C1C=CN(CCNC(=C)c2cc(CC)ccc2N)C(=O)N1. The van der Waals surface area contributed by atoms with Crippen LogP contribution >= 0.6 is 0 Å². The first kappa shape index (κ1) is 15.7. The molecule has 0 unspecified atom stereocenters. The van der Waals surface area contributed by atoms with Gasteiger partial charge in [0.05, 0.1) is 0 Å². The Morgan fingerprint density at radius 3 is 2.91 bits per heavy atom. The van der Waals surface area contributed by atoms with Crippen LogP contribution in [0.15, 0.2) is 49.3 Å². The van der Waals surface area contributed by atoms with E-state index in [4.69, 9.17) is 5.73 Å². The summed E-state index contributed by atoms with van der Waals surface area (Å²) in [6.07, 6.45) is 4.43. The Morgan fingerprint density at radius 2 is 2.23 bits per heavy atom. The number of carbonyl (C=O) groups is 1. The standard InChI is InChI=1S/C17H22N4O/c1-4-14-5-6-16(18)15(11-14)13(3)19-8-10-21-9-7-12(2)20-17(21)22/h5-7,9,11,19H,2-4,8,10,18H2,1H3,(H,20,22). The van der Waals surface area contributed by atoms with Gasteiger partial charge in [0.2, 0.25) is 0 Å². The maximum atomic E-state index is 11.7. The molecule has 22 heavy (non-hydrogen) atoms. The highest BCUT2D eigenvalue weighted by atomic mass is 16.2. The molecule has 0 saturated carbocycles. The van der Waals surface area contributed by atoms with Crippen molar-refractivity contribution in [3.05, 3.63) is 60.5 Å². The maximum absolute atomic E-state index is 11.7. The minimum absolute atomic E-state index is 0.174. The minimum Gasteiger partial charge on any atom is -0.398 e. The number of nitrogens with one attached hydrogen (secondary N) is 2. The van der Waals surface area contributed by atoms with Crippen LogP contribution in [0.25, 0.3) is 5.70 Å². The lowest BCUT2D eigenvalue weighted by Crippen LogP contribution is -2.41. The number of rotatable bonds is 6. The predicted molar refractivity (Wildman–Crippen MR) is 90.8 cm³/mol. The molecule has 1 heterocycles. The van der Waals surface area contributed by atoms with Crippen LogP contribution < -0.4 is 16.4 Å². The van der Waals surface area contributed by atoms with Crippen molar-refractivity contribution in [2.75, 3.05) is 18.8 Å². The summed E-state index contributed by atoms with van der Waals surface area (Å²) < 4.78 is 0. The average molecular weight is 298 g/mol. The molecule has 5 nitrogen and oxygen atoms in total. The number of amides is 2. The van der Waals surface area contributed by atoms with Crippen molar-refractivity contribution in [1.82, 2.24) is 15.5 Å². The molecule has 0 saturated heterocycles. The molecule has 1 aromatic carbocycles. The molecule has 0 bridgehead atoms. The van der Waals surface area contributed by atoms with Crippen molar-refractivity contribution in [2.24, 2.45) is 0 Å². The number of nitrogen functional groups attached to an aromatic ring is 1. The predicted octanol–water partition coefficient (Wildman–Crippen LogP) is 2.44. The minimum atomic E-state index is -0.174. The van der Waals surface area contributed by atoms with Gasteiger partial charge in [0.25, 0.3) is 0 Å². The Hall–Kier alpha value is -2.69. The lowest BCUT2D eigenvalue weighted by molar-refractivity contribution is 0.217. The number of anilines is 1. The van der Waals surface area contributed by atoms with Crippen LogP contribution in [0.2, 0.25) is 0 Å². The van der Waals surface area contributed by atoms with E-state index in [2.05, 4.69) is 30.7 Å². The first-order chi connectivity index (χ1) is 10.5. The van der Waals surface area contributed by atoms with Gasteiger partial charge in [-0.3, -0.25) is 4.90 Å². The smallest absolute Gasteiger partial charge is 0.325 e. The molecule has 0 fully saturated rings. The van der Waals surface area contributed by atoms with Crippen LogP contribution in [0.3, 0.4) is 0 Å². The fourth-order valence-electron chi connectivity index (χ4n) is 2.18. The van der Waals surface area contributed by atoms with Gasteiger partial charge < -0.3 is 16.4 Å². The lowest BCUT2D eigenvalue weighted by Gasteiger charge is -2.23. The second-order valence-corrected chi connectivity index (χ2v) is 5.15. The van der Waals surface area contributed by atoms with E-state index in [0.717, 1.165) is 17.7 Å². The molecular weight excluding hydrogens is 276 g/mol. The van der Waals surface area contributed by atoms with E-state index in [1.165, 1.54) is 5.56 Å². The normalized spacial score (nSPS) is 14.0. The van der Waals surface area contributed by atoms with Crippen LogP contribution in [0, 0.1) is 0 Å².